The molecule has 172 valence electrons. The number of amides is 2. The number of fused-ring (bicyclic) bond motifs is 2. The van der Waals surface area contributed by atoms with E-state index in [0.717, 1.165) is 16.8 Å². The normalized spacial score (nSPS) is 13.1. The number of carbonyl (C=O) groups is 2. The maximum absolute atomic E-state index is 13.1. The molecule has 0 bridgehead atoms. The number of aromatic nitrogens is 3. The summed E-state index contributed by atoms with van der Waals surface area (Å²) in [7, 11) is 0. The van der Waals surface area contributed by atoms with Crippen molar-refractivity contribution in [1.29, 1.82) is 0 Å². The zero-order valence-corrected chi connectivity index (χ0v) is 19.2. The lowest BCUT2D eigenvalue weighted by Gasteiger charge is -2.29. The minimum Gasteiger partial charge on any atom is -0.392 e. The summed E-state index contributed by atoms with van der Waals surface area (Å²) in [5, 5.41) is 17.0. The van der Waals surface area contributed by atoms with E-state index < -0.39 is 0 Å². The van der Waals surface area contributed by atoms with Gasteiger partial charge in [-0.15, -0.1) is 0 Å². The van der Waals surface area contributed by atoms with Crippen molar-refractivity contribution in [3.05, 3.63) is 93.4 Å². The highest BCUT2D eigenvalue weighted by Gasteiger charge is 2.23. The molecule has 4 aromatic rings. The Balaban J connectivity index is 1.34. The summed E-state index contributed by atoms with van der Waals surface area (Å²) in [6.45, 7) is 2.65. The van der Waals surface area contributed by atoms with Gasteiger partial charge in [0, 0.05) is 47.8 Å². The summed E-state index contributed by atoms with van der Waals surface area (Å²) in [5.41, 5.74) is 5.62. The van der Waals surface area contributed by atoms with E-state index in [1.165, 1.54) is 0 Å². The molecule has 9 heteroatoms. The number of hydrogen-bond acceptors (Lipinski definition) is 5. The molecule has 0 saturated carbocycles. The number of anilines is 1. The third kappa shape index (κ3) is 4.25. The van der Waals surface area contributed by atoms with Gasteiger partial charge in [-0.25, -0.2) is 9.50 Å². The second kappa shape index (κ2) is 8.89. The predicted octanol–water partition coefficient (Wildman–Crippen LogP) is 3.63. The van der Waals surface area contributed by atoms with Gasteiger partial charge in [-0.3, -0.25) is 9.59 Å². The highest BCUT2D eigenvalue weighted by molar-refractivity contribution is 6.31. The fourth-order valence-corrected chi connectivity index (χ4v) is 4.31. The van der Waals surface area contributed by atoms with Gasteiger partial charge in [0.15, 0.2) is 5.65 Å². The Labute approximate surface area is 200 Å². The maximum atomic E-state index is 13.1. The van der Waals surface area contributed by atoms with Gasteiger partial charge in [0.2, 0.25) is 0 Å². The lowest BCUT2D eigenvalue weighted by molar-refractivity contribution is 0.0733. The first-order valence-electron chi connectivity index (χ1n) is 10.8. The summed E-state index contributed by atoms with van der Waals surface area (Å²) in [5.74, 6) is -0.401. The van der Waals surface area contributed by atoms with E-state index in [-0.39, 0.29) is 18.4 Å². The molecule has 34 heavy (non-hydrogen) atoms. The van der Waals surface area contributed by atoms with E-state index in [1.807, 2.05) is 25.1 Å². The number of rotatable bonds is 4. The van der Waals surface area contributed by atoms with Crippen molar-refractivity contribution in [2.45, 2.75) is 26.5 Å². The van der Waals surface area contributed by atoms with Crippen molar-refractivity contribution >= 4 is 34.7 Å². The van der Waals surface area contributed by atoms with Crippen LogP contribution in [-0.4, -0.2) is 43.0 Å². The fourth-order valence-electron chi connectivity index (χ4n) is 4.14. The average molecular weight is 476 g/mol. The number of hydrogen-bond donors (Lipinski definition) is 2. The molecular weight excluding hydrogens is 454 g/mol. The molecule has 0 spiro atoms. The van der Waals surface area contributed by atoms with Gasteiger partial charge in [0.1, 0.15) is 0 Å². The van der Waals surface area contributed by atoms with Crippen LogP contribution >= 0.6 is 11.6 Å². The molecule has 0 unspecified atom stereocenters. The van der Waals surface area contributed by atoms with Gasteiger partial charge in [-0.2, -0.15) is 5.10 Å². The molecule has 8 nitrogen and oxygen atoms in total. The number of aliphatic hydroxyl groups is 1. The highest BCUT2D eigenvalue weighted by Crippen LogP contribution is 2.24. The summed E-state index contributed by atoms with van der Waals surface area (Å²) in [4.78, 5) is 32.1. The van der Waals surface area contributed by atoms with Crippen LogP contribution < -0.4 is 5.32 Å². The molecule has 2 N–H and O–H groups in total. The van der Waals surface area contributed by atoms with Crippen molar-refractivity contribution in [1.82, 2.24) is 19.5 Å². The van der Waals surface area contributed by atoms with E-state index in [0.29, 0.717) is 52.6 Å². The Kier molecular flexibility index (Phi) is 5.77. The maximum Gasteiger partial charge on any atom is 0.257 e. The quantitative estimate of drug-likeness (QED) is 0.469. The van der Waals surface area contributed by atoms with Crippen LogP contribution in [0.5, 0.6) is 0 Å². The minimum absolute atomic E-state index is 0.124. The first-order valence-corrected chi connectivity index (χ1v) is 11.2. The lowest BCUT2D eigenvalue weighted by atomic mass is 9.96. The minimum atomic E-state index is -0.277. The Morgan fingerprint density at radius 2 is 1.97 bits per heavy atom. The van der Waals surface area contributed by atoms with E-state index in [1.54, 1.807) is 46.1 Å². The zero-order chi connectivity index (χ0) is 23.8. The summed E-state index contributed by atoms with van der Waals surface area (Å²) < 4.78 is 1.61. The first kappa shape index (κ1) is 22.1. The number of aliphatic hydroxyl groups excluding tert-OH is 1. The molecule has 0 atom stereocenters. The molecule has 2 aromatic heterocycles. The van der Waals surface area contributed by atoms with Crippen molar-refractivity contribution < 1.29 is 14.7 Å². The molecule has 0 saturated heterocycles. The average Bonchev–Trinajstić information content (AvgIpc) is 3.23. The molecule has 5 rings (SSSR count). The summed E-state index contributed by atoms with van der Waals surface area (Å²) in [6, 6.07) is 12.4. The van der Waals surface area contributed by atoms with Gasteiger partial charge < -0.3 is 15.3 Å². The standard InChI is InChI=1S/C25H22ClN5O3/c1-15-8-23-27-11-20(13-31(23)29-15)25(34)30-7-6-16-2-3-17(9-18(16)12-30)24(33)28-21-4-5-22(26)19(10-21)14-32/h2-5,8-11,13,32H,6-7,12,14H2,1H3,(H,28,33). The number of aryl methyl sites for hydroxylation is 1. The molecule has 2 aromatic carbocycles. The van der Waals surface area contributed by atoms with E-state index in [2.05, 4.69) is 15.4 Å². The largest absolute Gasteiger partial charge is 0.392 e. The fraction of sp³-hybridized carbons (Fsp3) is 0.200. The van der Waals surface area contributed by atoms with Crippen molar-refractivity contribution in [2.24, 2.45) is 0 Å². The van der Waals surface area contributed by atoms with Gasteiger partial charge in [0.25, 0.3) is 11.8 Å². The van der Waals surface area contributed by atoms with Gasteiger partial charge >= 0.3 is 0 Å². The number of halogens is 1. The smallest absolute Gasteiger partial charge is 0.257 e. The Morgan fingerprint density at radius 3 is 2.79 bits per heavy atom. The monoisotopic (exact) mass is 475 g/mol. The molecule has 0 radical (unpaired) electrons. The first-order chi connectivity index (χ1) is 16.4. The molecule has 0 aliphatic carbocycles. The predicted molar refractivity (Wildman–Crippen MR) is 128 cm³/mol. The zero-order valence-electron chi connectivity index (χ0n) is 18.5. The molecule has 3 heterocycles. The number of nitrogens with one attached hydrogen (secondary N) is 1. The van der Waals surface area contributed by atoms with Crippen LogP contribution in [0.1, 0.15) is 43.1 Å². The molecule has 1 aliphatic rings. The molecule has 2 amide bonds. The molecular formula is C25H22ClN5O3. The van der Waals surface area contributed by atoms with E-state index >= 15 is 0 Å². The van der Waals surface area contributed by atoms with Crippen molar-refractivity contribution in [2.75, 3.05) is 11.9 Å². The summed E-state index contributed by atoms with van der Waals surface area (Å²) in [6.07, 6.45) is 3.98. The Hall–Kier alpha value is -3.75. The Morgan fingerprint density at radius 1 is 1.12 bits per heavy atom. The highest BCUT2D eigenvalue weighted by atomic mass is 35.5. The molecule has 0 fully saturated rings. The second-order valence-corrected chi connectivity index (χ2v) is 8.72. The number of carbonyl (C=O) groups excluding carboxylic acids is 2. The van der Waals surface area contributed by atoms with Gasteiger partial charge in [-0.1, -0.05) is 17.7 Å². The number of benzene rings is 2. The van der Waals surface area contributed by atoms with Crippen LogP contribution in [-0.2, 0) is 19.6 Å². The topological polar surface area (TPSA) is 99.8 Å². The van der Waals surface area contributed by atoms with Crippen LogP contribution in [0.4, 0.5) is 5.69 Å². The van der Waals surface area contributed by atoms with Crippen LogP contribution in [0.15, 0.2) is 54.9 Å². The van der Waals surface area contributed by atoms with Crippen LogP contribution in [0, 0.1) is 6.92 Å². The lowest BCUT2D eigenvalue weighted by Crippen LogP contribution is -2.36. The van der Waals surface area contributed by atoms with Crippen LogP contribution in [0.2, 0.25) is 5.02 Å². The number of nitrogens with zero attached hydrogens (tertiary/aromatic N) is 4. The SMILES string of the molecule is Cc1cc2ncc(C(=O)N3CCc4ccc(C(=O)Nc5ccc(Cl)c(CO)c5)cc4C3)cn2n1. The van der Waals surface area contributed by atoms with Crippen molar-refractivity contribution in [3.8, 4) is 0 Å². The second-order valence-electron chi connectivity index (χ2n) is 8.31. The summed E-state index contributed by atoms with van der Waals surface area (Å²) >= 11 is 6.03. The van der Waals surface area contributed by atoms with Gasteiger partial charge in [-0.05, 0) is 60.4 Å². The van der Waals surface area contributed by atoms with E-state index in [9.17, 15) is 14.7 Å². The van der Waals surface area contributed by atoms with Gasteiger partial charge in [0.05, 0.1) is 17.9 Å². The third-order valence-corrected chi connectivity index (χ3v) is 6.29. The van der Waals surface area contributed by atoms with Crippen LogP contribution in [0.3, 0.4) is 0 Å². The molecule has 1 aliphatic heterocycles. The van der Waals surface area contributed by atoms with E-state index in [4.69, 9.17) is 11.6 Å². The Bertz CT molecular complexity index is 1430. The van der Waals surface area contributed by atoms with Crippen molar-refractivity contribution in [3.63, 3.8) is 0 Å². The van der Waals surface area contributed by atoms with Crippen LogP contribution in [0.25, 0.3) is 5.65 Å². The third-order valence-electron chi connectivity index (χ3n) is 5.92.